The number of aldehydes is 1. The Morgan fingerprint density at radius 1 is 1.13 bits per heavy atom. The van der Waals surface area contributed by atoms with Gasteiger partial charge in [-0.2, -0.15) is 0 Å². The molecule has 0 fully saturated rings. The average molecular weight is 309 g/mol. The van der Waals surface area contributed by atoms with E-state index in [1.165, 1.54) is 4.90 Å². The maximum atomic E-state index is 13.0. The molecule has 0 saturated carbocycles. The van der Waals surface area contributed by atoms with Gasteiger partial charge in [0.15, 0.2) is 12.1 Å². The third-order valence-corrected chi connectivity index (χ3v) is 4.00. The minimum Gasteiger partial charge on any atom is -0.395 e. The van der Waals surface area contributed by atoms with Gasteiger partial charge in [-0.3, -0.25) is 14.4 Å². The summed E-state index contributed by atoms with van der Waals surface area (Å²) in [6.45, 7) is -0.175. The zero-order valence-electron chi connectivity index (χ0n) is 12.3. The van der Waals surface area contributed by atoms with Gasteiger partial charge in [0.05, 0.1) is 6.61 Å². The molecule has 0 radical (unpaired) electrons. The first-order valence-electron chi connectivity index (χ1n) is 7.28. The van der Waals surface area contributed by atoms with E-state index >= 15 is 0 Å². The summed E-state index contributed by atoms with van der Waals surface area (Å²) < 4.78 is 0. The predicted molar refractivity (Wildman–Crippen MR) is 83.5 cm³/mol. The SMILES string of the molecule is O=Cc1ccccc1C(=O)C1c2ccccc2C(=O)N1CCO. The Morgan fingerprint density at radius 2 is 1.83 bits per heavy atom. The molecule has 1 aliphatic heterocycles. The summed E-state index contributed by atoms with van der Waals surface area (Å²) in [5.74, 6) is -0.601. The highest BCUT2D eigenvalue weighted by Gasteiger charge is 2.41. The van der Waals surface area contributed by atoms with Crippen LogP contribution < -0.4 is 0 Å². The second kappa shape index (κ2) is 6.14. The Labute approximate surface area is 133 Å². The Kier molecular flexibility index (Phi) is 4.04. The molecule has 0 spiro atoms. The number of aliphatic hydroxyl groups excluding tert-OH is 1. The normalized spacial score (nSPS) is 16.3. The third kappa shape index (κ3) is 2.45. The number of rotatable bonds is 5. The molecule has 1 atom stereocenters. The molecule has 1 aliphatic rings. The van der Waals surface area contributed by atoms with Crippen LogP contribution in [0.1, 0.15) is 42.7 Å². The summed E-state index contributed by atoms with van der Waals surface area (Å²) in [4.78, 5) is 38.0. The first-order chi connectivity index (χ1) is 11.2. The van der Waals surface area contributed by atoms with Crippen LogP contribution in [-0.2, 0) is 0 Å². The van der Waals surface area contributed by atoms with E-state index in [4.69, 9.17) is 0 Å². The summed E-state index contributed by atoms with van der Waals surface area (Å²) >= 11 is 0. The molecule has 2 aromatic rings. The maximum Gasteiger partial charge on any atom is 0.255 e. The van der Waals surface area contributed by atoms with E-state index in [2.05, 4.69) is 0 Å². The third-order valence-electron chi connectivity index (χ3n) is 4.00. The van der Waals surface area contributed by atoms with Crippen molar-refractivity contribution in [3.05, 3.63) is 70.8 Å². The molecule has 1 N–H and O–H groups in total. The molecule has 116 valence electrons. The van der Waals surface area contributed by atoms with Crippen LogP contribution >= 0.6 is 0 Å². The number of fused-ring (bicyclic) bond motifs is 1. The molecule has 1 unspecified atom stereocenters. The quantitative estimate of drug-likeness (QED) is 0.676. The van der Waals surface area contributed by atoms with Crippen LogP contribution in [0.5, 0.6) is 0 Å². The van der Waals surface area contributed by atoms with Gasteiger partial charge in [0.2, 0.25) is 0 Å². The van der Waals surface area contributed by atoms with Crippen LogP contribution in [0.3, 0.4) is 0 Å². The first kappa shape index (κ1) is 15.1. The van der Waals surface area contributed by atoms with Gasteiger partial charge in [0.25, 0.3) is 5.91 Å². The van der Waals surface area contributed by atoms with Crippen molar-refractivity contribution in [3.63, 3.8) is 0 Å². The summed E-state index contributed by atoms with van der Waals surface area (Å²) in [6.07, 6.45) is 0.631. The van der Waals surface area contributed by atoms with Crippen LogP contribution in [0.25, 0.3) is 0 Å². The molecule has 0 aromatic heterocycles. The maximum absolute atomic E-state index is 13.0. The fourth-order valence-corrected chi connectivity index (χ4v) is 2.96. The minimum absolute atomic E-state index is 0.0627. The van der Waals surface area contributed by atoms with E-state index in [0.29, 0.717) is 23.0 Å². The number of Topliss-reactive ketones (excluding diaryl/α,β-unsaturated/α-hetero) is 1. The summed E-state index contributed by atoms with van der Waals surface area (Å²) in [6, 6.07) is 12.6. The number of amides is 1. The molecule has 1 heterocycles. The fourth-order valence-electron chi connectivity index (χ4n) is 2.96. The monoisotopic (exact) mass is 309 g/mol. The van der Waals surface area contributed by atoms with Crippen LogP contribution in [0.4, 0.5) is 0 Å². The predicted octanol–water partition coefficient (Wildman–Crippen LogP) is 1.87. The van der Waals surface area contributed by atoms with Crippen molar-refractivity contribution in [2.24, 2.45) is 0 Å². The van der Waals surface area contributed by atoms with Gasteiger partial charge in [-0.15, -0.1) is 0 Å². The number of β-amino-alcohol motifs (C(OH)–C–C–N with tert-alkyl or cyclic N) is 1. The zero-order chi connectivity index (χ0) is 16.4. The van der Waals surface area contributed by atoms with Crippen molar-refractivity contribution in [2.45, 2.75) is 6.04 Å². The van der Waals surface area contributed by atoms with E-state index in [9.17, 15) is 19.5 Å². The number of ketones is 1. The minimum atomic E-state index is -0.813. The topological polar surface area (TPSA) is 74.7 Å². The molecule has 0 saturated heterocycles. The Morgan fingerprint density at radius 3 is 2.57 bits per heavy atom. The van der Waals surface area contributed by atoms with Crippen molar-refractivity contribution in [1.29, 1.82) is 0 Å². The van der Waals surface area contributed by atoms with E-state index in [1.54, 1.807) is 48.5 Å². The lowest BCUT2D eigenvalue weighted by Gasteiger charge is -2.24. The number of hydrogen-bond acceptors (Lipinski definition) is 4. The smallest absolute Gasteiger partial charge is 0.255 e. The molecule has 1 amide bonds. The summed E-state index contributed by atoms with van der Waals surface area (Å²) in [5, 5.41) is 9.23. The van der Waals surface area contributed by atoms with Gasteiger partial charge in [-0.1, -0.05) is 42.5 Å². The summed E-state index contributed by atoms with van der Waals surface area (Å²) in [5.41, 5.74) is 1.64. The van der Waals surface area contributed by atoms with E-state index in [1.807, 2.05) is 0 Å². The Bertz CT molecular complexity index is 784. The highest BCUT2D eigenvalue weighted by molar-refractivity contribution is 6.12. The lowest BCUT2D eigenvalue weighted by molar-refractivity contribution is 0.0619. The average Bonchev–Trinajstić information content (AvgIpc) is 2.87. The van der Waals surface area contributed by atoms with E-state index < -0.39 is 6.04 Å². The van der Waals surface area contributed by atoms with E-state index in [0.717, 1.165) is 0 Å². The Hall–Kier alpha value is -2.79. The van der Waals surface area contributed by atoms with Crippen LogP contribution in [0.2, 0.25) is 0 Å². The molecular formula is C18H15NO4. The molecule has 2 aromatic carbocycles. The second-order valence-corrected chi connectivity index (χ2v) is 5.28. The van der Waals surface area contributed by atoms with Gasteiger partial charge >= 0.3 is 0 Å². The fraction of sp³-hybridized carbons (Fsp3) is 0.167. The van der Waals surface area contributed by atoms with Crippen LogP contribution in [0.15, 0.2) is 48.5 Å². The zero-order valence-corrected chi connectivity index (χ0v) is 12.3. The number of benzene rings is 2. The highest BCUT2D eigenvalue weighted by Crippen LogP contribution is 2.36. The Balaban J connectivity index is 2.10. The standard InChI is InChI=1S/C18H15NO4/c20-10-9-19-16(14-7-3-4-8-15(14)18(19)23)17(22)13-6-2-1-5-12(13)11-21/h1-8,11,16,20H,9-10H2. The van der Waals surface area contributed by atoms with Gasteiger partial charge in [-0.25, -0.2) is 0 Å². The van der Waals surface area contributed by atoms with Gasteiger partial charge in [0.1, 0.15) is 6.04 Å². The molecule has 5 nitrogen and oxygen atoms in total. The van der Waals surface area contributed by atoms with Crippen molar-refractivity contribution in [3.8, 4) is 0 Å². The molecule has 5 heteroatoms. The van der Waals surface area contributed by atoms with Crippen molar-refractivity contribution in [1.82, 2.24) is 4.90 Å². The van der Waals surface area contributed by atoms with Crippen molar-refractivity contribution < 1.29 is 19.5 Å². The van der Waals surface area contributed by atoms with E-state index in [-0.39, 0.29) is 30.4 Å². The first-order valence-corrected chi connectivity index (χ1v) is 7.28. The van der Waals surface area contributed by atoms with Gasteiger partial charge in [0, 0.05) is 23.2 Å². The summed E-state index contributed by atoms with van der Waals surface area (Å²) in [7, 11) is 0. The number of carbonyl (C=O) groups is 3. The number of carbonyl (C=O) groups excluding carboxylic acids is 3. The second-order valence-electron chi connectivity index (χ2n) is 5.28. The van der Waals surface area contributed by atoms with Gasteiger partial charge in [-0.05, 0) is 11.6 Å². The molecule has 0 aliphatic carbocycles. The molecule has 23 heavy (non-hydrogen) atoms. The van der Waals surface area contributed by atoms with Crippen molar-refractivity contribution in [2.75, 3.05) is 13.2 Å². The molecule has 3 rings (SSSR count). The number of nitrogens with zero attached hydrogens (tertiary/aromatic N) is 1. The van der Waals surface area contributed by atoms with Crippen LogP contribution in [-0.4, -0.2) is 41.1 Å². The molecular weight excluding hydrogens is 294 g/mol. The highest BCUT2D eigenvalue weighted by atomic mass is 16.3. The number of aliphatic hydroxyl groups is 1. The number of hydrogen-bond donors (Lipinski definition) is 1. The van der Waals surface area contributed by atoms with Crippen LogP contribution in [0, 0.1) is 0 Å². The van der Waals surface area contributed by atoms with Crippen molar-refractivity contribution >= 4 is 18.0 Å². The lowest BCUT2D eigenvalue weighted by Crippen LogP contribution is -2.35. The molecule has 0 bridgehead atoms. The largest absolute Gasteiger partial charge is 0.395 e. The lowest BCUT2D eigenvalue weighted by atomic mass is 9.94. The van der Waals surface area contributed by atoms with Gasteiger partial charge < -0.3 is 10.0 Å².